The van der Waals surface area contributed by atoms with E-state index in [-0.39, 0.29) is 23.7 Å². The van der Waals surface area contributed by atoms with Gasteiger partial charge in [0.2, 0.25) is 5.91 Å². The Bertz CT molecular complexity index is 683. The maximum atomic E-state index is 12.3. The first-order chi connectivity index (χ1) is 12.2. The van der Waals surface area contributed by atoms with Gasteiger partial charge in [-0.15, -0.1) is 12.4 Å². The van der Waals surface area contributed by atoms with Crippen LogP contribution in [0.5, 0.6) is 5.75 Å². The third-order valence-electron chi connectivity index (χ3n) is 4.79. The van der Waals surface area contributed by atoms with Gasteiger partial charge in [0.05, 0.1) is 5.41 Å². The van der Waals surface area contributed by atoms with Gasteiger partial charge < -0.3 is 15.4 Å². The summed E-state index contributed by atoms with van der Waals surface area (Å²) in [4.78, 5) is 12.3. The lowest BCUT2D eigenvalue weighted by Gasteiger charge is -2.21. The van der Waals surface area contributed by atoms with E-state index in [0.29, 0.717) is 13.2 Å². The first-order valence-electron chi connectivity index (χ1n) is 8.90. The molecule has 3 rings (SSSR count). The molecule has 0 aromatic heterocycles. The quantitative estimate of drug-likeness (QED) is 0.781. The van der Waals surface area contributed by atoms with E-state index in [1.807, 2.05) is 37.3 Å². The normalized spacial score (nSPS) is 18.8. The molecule has 1 heterocycles. The summed E-state index contributed by atoms with van der Waals surface area (Å²) in [5, 5.41) is 6.32. The van der Waals surface area contributed by atoms with Crippen molar-refractivity contribution in [3.63, 3.8) is 0 Å². The highest BCUT2D eigenvalue weighted by Gasteiger charge is 2.35. The van der Waals surface area contributed by atoms with Gasteiger partial charge in [-0.05, 0) is 49.6 Å². The van der Waals surface area contributed by atoms with Crippen LogP contribution in [0.25, 0.3) is 0 Å². The van der Waals surface area contributed by atoms with Gasteiger partial charge in [0, 0.05) is 13.1 Å². The van der Waals surface area contributed by atoms with Crippen LogP contribution in [0.4, 0.5) is 0 Å². The molecule has 4 nitrogen and oxygen atoms in total. The van der Waals surface area contributed by atoms with Crippen LogP contribution in [-0.2, 0) is 17.8 Å². The van der Waals surface area contributed by atoms with Crippen molar-refractivity contribution >= 4 is 18.3 Å². The average Bonchev–Trinajstić information content (AvgIpc) is 3.10. The van der Waals surface area contributed by atoms with Crippen LogP contribution in [0, 0.1) is 5.41 Å². The zero-order valence-electron chi connectivity index (χ0n) is 15.2. The van der Waals surface area contributed by atoms with Crippen LogP contribution < -0.4 is 15.4 Å². The van der Waals surface area contributed by atoms with Crippen LogP contribution >= 0.6 is 12.4 Å². The van der Waals surface area contributed by atoms with Gasteiger partial charge in [0.25, 0.3) is 0 Å². The fourth-order valence-electron chi connectivity index (χ4n) is 3.04. The smallest absolute Gasteiger partial charge is 0.227 e. The van der Waals surface area contributed by atoms with E-state index >= 15 is 0 Å². The molecule has 2 N–H and O–H groups in total. The lowest BCUT2D eigenvalue weighted by molar-refractivity contribution is -0.129. The van der Waals surface area contributed by atoms with Crippen molar-refractivity contribution in [3.8, 4) is 5.75 Å². The van der Waals surface area contributed by atoms with E-state index in [0.717, 1.165) is 37.2 Å². The molecule has 1 fully saturated rings. The van der Waals surface area contributed by atoms with Gasteiger partial charge in [0.15, 0.2) is 0 Å². The van der Waals surface area contributed by atoms with Gasteiger partial charge in [-0.3, -0.25) is 4.79 Å². The van der Waals surface area contributed by atoms with E-state index in [4.69, 9.17) is 4.74 Å². The highest BCUT2D eigenvalue weighted by molar-refractivity contribution is 5.85. The molecular formula is C21H27ClN2O2. The van der Waals surface area contributed by atoms with Gasteiger partial charge in [-0.25, -0.2) is 0 Å². The maximum Gasteiger partial charge on any atom is 0.227 e. The minimum atomic E-state index is -0.255. The van der Waals surface area contributed by atoms with Crippen molar-refractivity contribution in [1.29, 1.82) is 0 Å². The minimum absolute atomic E-state index is 0. The molecule has 2 aromatic rings. The molecular weight excluding hydrogens is 348 g/mol. The molecule has 26 heavy (non-hydrogen) atoms. The summed E-state index contributed by atoms with van der Waals surface area (Å²) in [5.74, 6) is 1.02. The SMILES string of the molecule is CC1(C(=O)NCCc2ccc(OCc3ccccc3)cc2)CCNC1.Cl. The number of amides is 1. The second kappa shape index (κ2) is 9.60. The molecule has 1 saturated heterocycles. The molecule has 1 unspecified atom stereocenters. The summed E-state index contributed by atoms with van der Waals surface area (Å²) in [7, 11) is 0. The van der Waals surface area contributed by atoms with Crippen molar-refractivity contribution in [2.45, 2.75) is 26.4 Å². The van der Waals surface area contributed by atoms with Gasteiger partial charge >= 0.3 is 0 Å². The number of carbonyl (C=O) groups is 1. The summed E-state index contributed by atoms with van der Waals surface area (Å²) in [6.45, 7) is 4.96. The Hall–Kier alpha value is -2.04. The number of rotatable bonds is 7. The summed E-state index contributed by atoms with van der Waals surface area (Å²) < 4.78 is 5.79. The zero-order valence-corrected chi connectivity index (χ0v) is 16.0. The van der Waals surface area contributed by atoms with E-state index < -0.39 is 0 Å². The maximum absolute atomic E-state index is 12.3. The van der Waals surface area contributed by atoms with Crippen molar-refractivity contribution in [3.05, 3.63) is 65.7 Å². The van der Waals surface area contributed by atoms with Gasteiger partial charge in [-0.1, -0.05) is 42.5 Å². The number of hydrogen-bond donors (Lipinski definition) is 2. The first kappa shape index (κ1) is 20.3. The monoisotopic (exact) mass is 374 g/mol. The highest BCUT2D eigenvalue weighted by atomic mass is 35.5. The fraction of sp³-hybridized carbons (Fsp3) is 0.381. The van der Waals surface area contributed by atoms with Crippen molar-refractivity contribution in [1.82, 2.24) is 10.6 Å². The molecule has 2 aromatic carbocycles. The lowest BCUT2D eigenvalue weighted by atomic mass is 9.89. The van der Waals surface area contributed by atoms with E-state index in [1.165, 1.54) is 5.56 Å². The van der Waals surface area contributed by atoms with Crippen molar-refractivity contribution < 1.29 is 9.53 Å². The van der Waals surface area contributed by atoms with Crippen molar-refractivity contribution in [2.75, 3.05) is 19.6 Å². The fourth-order valence-corrected chi connectivity index (χ4v) is 3.04. The van der Waals surface area contributed by atoms with Gasteiger partial charge in [-0.2, -0.15) is 0 Å². The Morgan fingerprint density at radius 3 is 2.50 bits per heavy atom. The Morgan fingerprint density at radius 2 is 1.85 bits per heavy atom. The Labute approximate surface area is 161 Å². The predicted molar refractivity (Wildman–Crippen MR) is 107 cm³/mol. The number of benzene rings is 2. The predicted octanol–water partition coefficient (Wildman–Crippen LogP) is 3.35. The number of carbonyl (C=O) groups excluding carboxylic acids is 1. The van der Waals surface area contributed by atoms with Crippen LogP contribution in [0.3, 0.4) is 0 Å². The van der Waals surface area contributed by atoms with Crippen LogP contribution in [0.2, 0.25) is 0 Å². The summed E-state index contributed by atoms with van der Waals surface area (Å²) in [6.07, 6.45) is 1.74. The third-order valence-corrected chi connectivity index (χ3v) is 4.79. The number of halogens is 1. The molecule has 5 heteroatoms. The minimum Gasteiger partial charge on any atom is -0.489 e. The lowest BCUT2D eigenvalue weighted by Crippen LogP contribution is -2.41. The van der Waals surface area contributed by atoms with Crippen LogP contribution in [0.15, 0.2) is 54.6 Å². The first-order valence-corrected chi connectivity index (χ1v) is 8.90. The van der Waals surface area contributed by atoms with Crippen LogP contribution in [-0.4, -0.2) is 25.5 Å². The molecule has 140 valence electrons. The number of nitrogens with one attached hydrogen (secondary N) is 2. The Morgan fingerprint density at radius 1 is 1.12 bits per heavy atom. The molecule has 0 aliphatic carbocycles. The Kier molecular flexibility index (Phi) is 7.49. The second-order valence-electron chi connectivity index (χ2n) is 6.91. The molecule has 0 radical (unpaired) electrons. The average molecular weight is 375 g/mol. The number of hydrogen-bond acceptors (Lipinski definition) is 3. The van der Waals surface area contributed by atoms with E-state index in [2.05, 4.69) is 34.9 Å². The summed E-state index contributed by atoms with van der Waals surface area (Å²) in [5.41, 5.74) is 2.10. The molecule has 0 saturated carbocycles. The van der Waals surface area contributed by atoms with Gasteiger partial charge in [0.1, 0.15) is 12.4 Å². The number of ether oxygens (including phenoxy) is 1. The molecule has 1 aliphatic heterocycles. The second-order valence-corrected chi connectivity index (χ2v) is 6.91. The van der Waals surface area contributed by atoms with Crippen molar-refractivity contribution in [2.24, 2.45) is 5.41 Å². The molecule has 1 atom stereocenters. The molecule has 0 spiro atoms. The largest absolute Gasteiger partial charge is 0.489 e. The standard InChI is InChI=1S/C21H26N2O2.ClH/c1-21(12-14-22-16-21)20(24)23-13-11-17-7-9-19(10-8-17)25-15-18-5-3-2-4-6-18;/h2-10,22H,11-16H2,1H3,(H,23,24);1H. The van der Waals surface area contributed by atoms with Crippen LogP contribution in [0.1, 0.15) is 24.5 Å². The topological polar surface area (TPSA) is 50.4 Å². The third kappa shape index (κ3) is 5.48. The molecule has 1 amide bonds. The van der Waals surface area contributed by atoms with E-state index in [9.17, 15) is 4.79 Å². The summed E-state index contributed by atoms with van der Waals surface area (Å²) in [6, 6.07) is 18.2. The zero-order chi connectivity index (χ0) is 17.5. The Balaban J connectivity index is 0.00000243. The van der Waals surface area contributed by atoms with E-state index in [1.54, 1.807) is 0 Å². The highest BCUT2D eigenvalue weighted by Crippen LogP contribution is 2.24. The molecule has 0 bridgehead atoms. The molecule has 1 aliphatic rings. The summed E-state index contributed by atoms with van der Waals surface area (Å²) >= 11 is 0.